The molecule has 0 aliphatic carbocycles. The normalized spacial score (nSPS) is 22.3. The van der Waals surface area contributed by atoms with E-state index < -0.39 is 0 Å². The number of nitrogens with zero attached hydrogens (tertiary/aromatic N) is 1. The molecule has 0 saturated carbocycles. The smallest absolute Gasteiger partial charge is 0.254 e. The van der Waals surface area contributed by atoms with Crippen molar-refractivity contribution in [2.75, 3.05) is 19.7 Å². The maximum Gasteiger partial charge on any atom is 0.254 e. The first-order valence-electron chi connectivity index (χ1n) is 8.70. The summed E-state index contributed by atoms with van der Waals surface area (Å²) in [6.45, 7) is 6.45. The molecular weight excluding hydrogens is 304 g/mol. The van der Waals surface area contributed by atoms with Crippen molar-refractivity contribution in [1.29, 1.82) is 0 Å². The third kappa shape index (κ3) is 3.96. The molecule has 1 fully saturated rings. The van der Waals surface area contributed by atoms with Gasteiger partial charge in [0.05, 0.1) is 12.7 Å². The number of fused-ring (bicyclic) bond motifs is 1. The summed E-state index contributed by atoms with van der Waals surface area (Å²) in [7, 11) is 0. The van der Waals surface area contributed by atoms with Crippen LogP contribution in [0.4, 0.5) is 0 Å². The Labute approximate surface area is 143 Å². The van der Waals surface area contributed by atoms with Gasteiger partial charge in [-0.25, -0.2) is 0 Å². The Morgan fingerprint density at radius 2 is 2.17 bits per heavy atom. The third-order valence-corrected chi connectivity index (χ3v) is 4.87. The summed E-state index contributed by atoms with van der Waals surface area (Å²) in [5.74, 6) is -0.161. The van der Waals surface area contributed by atoms with E-state index in [0.717, 1.165) is 31.4 Å². The van der Waals surface area contributed by atoms with Crippen molar-refractivity contribution in [2.45, 2.75) is 45.8 Å². The van der Waals surface area contributed by atoms with E-state index in [4.69, 9.17) is 4.74 Å². The molecule has 0 spiro atoms. The van der Waals surface area contributed by atoms with Crippen LogP contribution >= 0.6 is 0 Å². The summed E-state index contributed by atoms with van der Waals surface area (Å²) in [6, 6.07) is 7.53. The maximum absolute atomic E-state index is 12.2. The van der Waals surface area contributed by atoms with E-state index >= 15 is 0 Å². The van der Waals surface area contributed by atoms with Crippen LogP contribution in [-0.4, -0.2) is 42.5 Å². The quantitative estimate of drug-likeness (QED) is 0.901. The molecule has 1 atom stereocenters. The number of rotatable bonds is 5. The molecule has 0 radical (unpaired) electrons. The van der Waals surface area contributed by atoms with Crippen molar-refractivity contribution in [1.82, 2.24) is 10.2 Å². The van der Waals surface area contributed by atoms with Crippen molar-refractivity contribution < 1.29 is 14.3 Å². The highest BCUT2D eigenvalue weighted by Crippen LogP contribution is 2.30. The van der Waals surface area contributed by atoms with Crippen LogP contribution < -0.4 is 5.32 Å². The van der Waals surface area contributed by atoms with Crippen LogP contribution in [0.3, 0.4) is 0 Å². The molecule has 2 aliphatic rings. The largest absolute Gasteiger partial charge is 0.378 e. The molecule has 1 unspecified atom stereocenters. The lowest BCUT2D eigenvalue weighted by Crippen LogP contribution is -2.39. The molecule has 24 heavy (non-hydrogen) atoms. The Morgan fingerprint density at radius 3 is 2.88 bits per heavy atom. The highest BCUT2D eigenvalue weighted by atomic mass is 16.5. The highest BCUT2D eigenvalue weighted by Gasteiger charge is 2.29. The van der Waals surface area contributed by atoms with Gasteiger partial charge in [0.2, 0.25) is 5.91 Å². The minimum Gasteiger partial charge on any atom is -0.378 e. The minimum atomic E-state index is -0.104. The molecule has 3 rings (SSSR count). The third-order valence-electron chi connectivity index (χ3n) is 4.87. The van der Waals surface area contributed by atoms with Crippen molar-refractivity contribution in [2.24, 2.45) is 5.41 Å². The molecule has 2 amide bonds. The van der Waals surface area contributed by atoms with E-state index in [1.165, 1.54) is 0 Å². The van der Waals surface area contributed by atoms with Crippen LogP contribution in [0.5, 0.6) is 0 Å². The second-order valence-corrected chi connectivity index (χ2v) is 7.59. The Kier molecular flexibility index (Phi) is 4.90. The van der Waals surface area contributed by atoms with Crippen molar-refractivity contribution in [3.63, 3.8) is 0 Å². The number of nitrogens with one attached hydrogen (secondary N) is 1. The zero-order chi connectivity index (χ0) is 17.2. The van der Waals surface area contributed by atoms with Crippen LogP contribution in [-0.2, 0) is 16.1 Å². The topological polar surface area (TPSA) is 58.6 Å². The molecular formula is C19H26N2O3. The molecule has 0 aromatic heterocycles. The van der Waals surface area contributed by atoms with Gasteiger partial charge in [-0.2, -0.15) is 0 Å². The number of carbonyl (C=O) groups excluding carboxylic acids is 2. The lowest BCUT2D eigenvalue weighted by Gasteiger charge is -2.34. The summed E-state index contributed by atoms with van der Waals surface area (Å²) in [6.07, 6.45) is 3.27. The predicted octanol–water partition coefficient (Wildman–Crippen LogP) is 2.35. The Balaban J connectivity index is 1.39. The van der Waals surface area contributed by atoms with Crippen LogP contribution in [0, 0.1) is 5.41 Å². The number of hydrogen-bond donors (Lipinski definition) is 1. The van der Waals surface area contributed by atoms with Gasteiger partial charge >= 0.3 is 0 Å². The number of benzene rings is 1. The average Bonchev–Trinajstić information content (AvgIpc) is 2.86. The average molecular weight is 330 g/mol. The van der Waals surface area contributed by atoms with Gasteiger partial charge in [0.15, 0.2) is 0 Å². The number of hydrogen-bond acceptors (Lipinski definition) is 3. The molecule has 1 aromatic carbocycles. The summed E-state index contributed by atoms with van der Waals surface area (Å²) in [5.41, 5.74) is 1.97. The molecule has 5 nitrogen and oxygen atoms in total. The van der Waals surface area contributed by atoms with Gasteiger partial charge in [-0.05, 0) is 36.3 Å². The summed E-state index contributed by atoms with van der Waals surface area (Å²) in [5, 5.41) is 2.91. The van der Waals surface area contributed by atoms with Crippen LogP contribution in [0.2, 0.25) is 0 Å². The van der Waals surface area contributed by atoms with E-state index in [2.05, 4.69) is 19.2 Å². The lowest BCUT2D eigenvalue weighted by atomic mass is 9.85. The SMILES string of the molecule is CC1(C)CCC(CCNC(=O)CN2Cc3ccccc3C2=O)OC1. The van der Waals surface area contributed by atoms with Gasteiger partial charge in [-0.3, -0.25) is 9.59 Å². The lowest BCUT2D eigenvalue weighted by molar-refractivity contribution is -0.122. The van der Waals surface area contributed by atoms with Gasteiger partial charge in [0.25, 0.3) is 5.91 Å². The Hall–Kier alpha value is -1.88. The molecule has 1 N–H and O–H groups in total. The van der Waals surface area contributed by atoms with Crippen LogP contribution in [0.15, 0.2) is 24.3 Å². The Morgan fingerprint density at radius 1 is 1.38 bits per heavy atom. The molecule has 1 aromatic rings. The first kappa shape index (κ1) is 17.0. The fraction of sp³-hybridized carbons (Fsp3) is 0.579. The summed E-state index contributed by atoms with van der Waals surface area (Å²) in [4.78, 5) is 25.9. The number of ether oxygens (including phenoxy) is 1. The van der Waals surface area contributed by atoms with Crippen LogP contribution in [0.25, 0.3) is 0 Å². The number of carbonyl (C=O) groups is 2. The molecule has 5 heteroatoms. The molecule has 2 aliphatic heterocycles. The summed E-state index contributed by atoms with van der Waals surface area (Å²) >= 11 is 0. The van der Waals surface area contributed by atoms with Gasteiger partial charge in [-0.15, -0.1) is 0 Å². The van der Waals surface area contributed by atoms with Crippen LogP contribution in [0.1, 0.15) is 49.0 Å². The minimum absolute atomic E-state index is 0.0569. The molecule has 0 bridgehead atoms. The fourth-order valence-electron chi connectivity index (χ4n) is 3.32. The van der Waals surface area contributed by atoms with Crippen molar-refractivity contribution in [3.05, 3.63) is 35.4 Å². The standard InChI is InChI=1S/C19H26N2O3/c1-19(2)9-7-15(24-13-19)8-10-20-17(22)12-21-11-14-5-3-4-6-16(14)18(21)23/h3-6,15H,7-13H2,1-2H3,(H,20,22). The summed E-state index contributed by atoms with van der Waals surface area (Å²) < 4.78 is 5.85. The van der Waals surface area contributed by atoms with Crippen molar-refractivity contribution >= 4 is 11.8 Å². The number of amides is 2. The first-order chi connectivity index (χ1) is 11.4. The molecule has 130 valence electrons. The molecule has 2 heterocycles. The monoisotopic (exact) mass is 330 g/mol. The fourth-order valence-corrected chi connectivity index (χ4v) is 3.32. The van der Waals surface area contributed by atoms with Gasteiger partial charge < -0.3 is 15.0 Å². The Bertz CT molecular complexity index is 617. The first-order valence-corrected chi connectivity index (χ1v) is 8.70. The van der Waals surface area contributed by atoms with E-state index in [1.807, 2.05) is 24.3 Å². The second kappa shape index (κ2) is 6.93. The van der Waals surface area contributed by atoms with Crippen molar-refractivity contribution in [3.8, 4) is 0 Å². The van der Waals surface area contributed by atoms with Gasteiger partial charge in [0.1, 0.15) is 6.54 Å². The van der Waals surface area contributed by atoms with E-state index in [1.54, 1.807) is 4.90 Å². The zero-order valence-corrected chi connectivity index (χ0v) is 14.5. The van der Waals surface area contributed by atoms with E-state index in [-0.39, 0.29) is 29.9 Å². The van der Waals surface area contributed by atoms with Gasteiger partial charge in [0, 0.05) is 18.7 Å². The molecule has 1 saturated heterocycles. The predicted molar refractivity (Wildman–Crippen MR) is 91.6 cm³/mol. The maximum atomic E-state index is 12.2. The highest BCUT2D eigenvalue weighted by molar-refractivity contribution is 6.00. The second-order valence-electron chi connectivity index (χ2n) is 7.59. The van der Waals surface area contributed by atoms with E-state index in [0.29, 0.717) is 18.7 Å². The van der Waals surface area contributed by atoms with Gasteiger partial charge in [-0.1, -0.05) is 32.0 Å². The van der Waals surface area contributed by atoms with E-state index in [9.17, 15) is 9.59 Å². The zero-order valence-electron chi connectivity index (χ0n) is 14.5.